The molecular weight excluding hydrogens is 256 g/mol. The zero-order valence-corrected chi connectivity index (χ0v) is 10.5. The Morgan fingerprint density at radius 1 is 1.33 bits per heavy atom. The molecule has 0 aliphatic carbocycles. The van der Waals surface area contributed by atoms with Gasteiger partial charge in [-0.15, -0.1) is 0 Å². The van der Waals surface area contributed by atoms with Crippen molar-refractivity contribution in [2.24, 2.45) is 0 Å². The number of hydrogen-bond donors (Lipinski definition) is 2. The first-order valence-electron chi connectivity index (χ1n) is 5.21. The average Bonchev–Trinajstić information content (AvgIpc) is 2.73. The molecule has 2 heterocycles. The van der Waals surface area contributed by atoms with Crippen LogP contribution in [0.5, 0.6) is 0 Å². The quantitative estimate of drug-likeness (QED) is 0.856. The first kappa shape index (κ1) is 12.6. The first-order valence-corrected chi connectivity index (χ1v) is 6.69. The van der Waals surface area contributed by atoms with Gasteiger partial charge in [-0.2, -0.15) is 0 Å². The Morgan fingerprint density at radius 2 is 2.11 bits per heavy atom. The number of aromatic amines is 1. The Bertz CT molecular complexity index is 700. The molecule has 0 amide bonds. The summed E-state index contributed by atoms with van der Waals surface area (Å²) in [4.78, 5) is 13.7. The van der Waals surface area contributed by atoms with Crippen LogP contribution in [0.1, 0.15) is 11.5 Å². The van der Waals surface area contributed by atoms with E-state index in [-0.39, 0.29) is 11.4 Å². The fourth-order valence-corrected chi connectivity index (χ4v) is 2.48. The van der Waals surface area contributed by atoms with Crippen LogP contribution in [-0.2, 0) is 16.6 Å². The molecule has 0 radical (unpaired) electrons. The highest BCUT2D eigenvalue weighted by molar-refractivity contribution is 7.89. The van der Waals surface area contributed by atoms with Gasteiger partial charge < -0.3 is 9.40 Å². The first-order chi connectivity index (χ1) is 8.49. The second-order valence-electron chi connectivity index (χ2n) is 3.71. The topological polar surface area (TPSA) is 92.2 Å². The molecule has 2 rings (SSSR count). The Kier molecular flexibility index (Phi) is 3.35. The Balaban J connectivity index is 2.18. The van der Waals surface area contributed by atoms with Crippen LogP contribution < -0.4 is 10.2 Å². The molecule has 0 aliphatic rings. The van der Waals surface area contributed by atoms with E-state index in [0.717, 1.165) is 12.3 Å². The van der Waals surface area contributed by atoms with Gasteiger partial charge in [-0.25, -0.2) is 13.1 Å². The van der Waals surface area contributed by atoms with Crippen LogP contribution >= 0.6 is 0 Å². The lowest BCUT2D eigenvalue weighted by Crippen LogP contribution is -2.27. The molecular formula is C11H12N2O4S. The smallest absolute Gasteiger partial charge is 0.246 e. The normalized spacial score (nSPS) is 11.6. The summed E-state index contributed by atoms with van der Waals surface area (Å²) in [6.07, 6.45) is 2.52. The third-order valence-electron chi connectivity index (χ3n) is 2.31. The molecule has 0 unspecified atom stereocenters. The fraction of sp³-hybridized carbons (Fsp3) is 0.182. The van der Waals surface area contributed by atoms with Crippen molar-refractivity contribution in [2.75, 3.05) is 0 Å². The van der Waals surface area contributed by atoms with E-state index >= 15 is 0 Å². The van der Waals surface area contributed by atoms with Crippen LogP contribution in [0.3, 0.4) is 0 Å². The van der Waals surface area contributed by atoms with Crippen LogP contribution in [-0.4, -0.2) is 13.4 Å². The number of nitrogens with one attached hydrogen (secondary N) is 2. The lowest BCUT2D eigenvalue weighted by molar-refractivity contribution is 0.475. The number of sulfonamides is 1. The standard InChI is InChI=1S/C11H12N2O4S/c1-8-2-3-9(17-8)6-13-18(15,16)11-7-12-5-4-10(11)14/h2-5,7,13H,6H2,1H3,(H,12,14). The van der Waals surface area contributed by atoms with Crippen molar-refractivity contribution in [3.63, 3.8) is 0 Å². The largest absolute Gasteiger partial charge is 0.465 e. The summed E-state index contributed by atoms with van der Waals surface area (Å²) in [7, 11) is -3.83. The molecule has 0 fully saturated rings. The average molecular weight is 268 g/mol. The van der Waals surface area contributed by atoms with Gasteiger partial charge in [0.2, 0.25) is 15.5 Å². The molecule has 0 bridgehead atoms. The summed E-state index contributed by atoms with van der Waals surface area (Å²) < 4.78 is 31.3. The van der Waals surface area contributed by atoms with E-state index in [4.69, 9.17) is 4.42 Å². The van der Waals surface area contributed by atoms with Crippen molar-refractivity contribution in [1.29, 1.82) is 0 Å². The number of pyridine rings is 1. The highest BCUT2D eigenvalue weighted by Crippen LogP contribution is 2.07. The lowest BCUT2D eigenvalue weighted by Gasteiger charge is -2.03. The monoisotopic (exact) mass is 268 g/mol. The van der Waals surface area contributed by atoms with Gasteiger partial charge in [0.05, 0.1) is 6.54 Å². The third-order valence-corrected chi connectivity index (χ3v) is 3.73. The number of rotatable bonds is 4. The molecule has 2 aromatic heterocycles. The molecule has 18 heavy (non-hydrogen) atoms. The van der Waals surface area contributed by atoms with Crippen LogP contribution in [0.25, 0.3) is 0 Å². The van der Waals surface area contributed by atoms with Gasteiger partial charge in [0.25, 0.3) is 0 Å². The lowest BCUT2D eigenvalue weighted by atomic mass is 10.4. The maximum absolute atomic E-state index is 11.9. The maximum atomic E-state index is 11.9. The summed E-state index contributed by atoms with van der Waals surface area (Å²) in [6.45, 7) is 1.77. The van der Waals surface area contributed by atoms with Gasteiger partial charge in [0, 0.05) is 18.5 Å². The van der Waals surface area contributed by atoms with Crippen molar-refractivity contribution in [2.45, 2.75) is 18.4 Å². The van der Waals surface area contributed by atoms with Gasteiger partial charge in [-0.1, -0.05) is 0 Å². The van der Waals surface area contributed by atoms with Crippen LogP contribution in [0.2, 0.25) is 0 Å². The Hall–Kier alpha value is -1.86. The maximum Gasteiger partial charge on any atom is 0.246 e. The van der Waals surface area contributed by atoms with Crippen molar-refractivity contribution in [3.8, 4) is 0 Å². The zero-order valence-electron chi connectivity index (χ0n) is 9.64. The number of furan rings is 1. The fourth-order valence-electron chi connectivity index (χ4n) is 1.43. The summed E-state index contributed by atoms with van der Waals surface area (Å²) in [5.41, 5.74) is -0.558. The number of hydrogen-bond acceptors (Lipinski definition) is 4. The molecule has 6 nitrogen and oxygen atoms in total. The van der Waals surface area contributed by atoms with Crippen LogP contribution in [0, 0.1) is 6.92 Å². The molecule has 0 saturated carbocycles. The Morgan fingerprint density at radius 3 is 2.72 bits per heavy atom. The van der Waals surface area contributed by atoms with Gasteiger partial charge in [0.1, 0.15) is 16.4 Å². The summed E-state index contributed by atoms with van der Waals surface area (Å²) >= 11 is 0. The Labute approximate surface area is 104 Å². The minimum absolute atomic E-state index is 0.00447. The summed E-state index contributed by atoms with van der Waals surface area (Å²) in [5.74, 6) is 1.19. The molecule has 96 valence electrons. The SMILES string of the molecule is Cc1ccc(CNS(=O)(=O)c2c[nH]ccc2=O)o1. The molecule has 7 heteroatoms. The molecule has 0 aliphatic heterocycles. The molecule has 2 N–H and O–H groups in total. The van der Waals surface area contributed by atoms with Crippen LogP contribution in [0.4, 0.5) is 0 Å². The van der Waals surface area contributed by atoms with E-state index in [1.165, 1.54) is 6.20 Å². The molecule has 0 aromatic carbocycles. The molecule has 0 atom stereocenters. The highest BCUT2D eigenvalue weighted by Gasteiger charge is 2.17. The van der Waals surface area contributed by atoms with Gasteiger partial charge in [-0.3, -0.25) is 4.79 Å². The zero-order chi connectivity index (χ0) is 13.2. The van der Waals surface area contributed by atoms with E-state index in [1.807, 2.05) is 0 Å². The van der Waals surface area contributed by atoms with E-state index in [2.05, 4.69) is 9.71 Å². The van der Waals surface area contributed by atoms with Crippen LogP contribution in [0.15, 0.2) is 44.7 Å². The molecule has 2 aromatic rings. The van der Waals surface area contributed by atoms with Crippen molar-refractivity contribution in [3.05, 3.63) is 52.3 Å². The second kappa shape index (κ2) is 4.79. The van der Waals surface area contributed by atoms with E-state index in [0.29, 0.717) is 11.5 Å². The predicted molar refractivity (Wildman–Crippen MR) is 64.5 cm³/mol. The second-order valence-corrected chi connectivity index (χ2v) is 5.45. The van der Waals surface area contributed by atoms with E-state index < -0.39 is 15.5 Å². The number of aryl methyl sites for hydroxylation is 1. The highest BCUT2D eigenvalue weighted by atomic mass is 32.2. The number of H-pyrrole nitrogens is 1. The summed E-state index contributed by atoms with van der Waals surface area (Å²) in [6, 6.07) is 4.57. The third kappa shape index (κ3) is 2.69. The van der Waals surface area contributed by atoms with E-state index in [9.17, 15) is 13.2 Å². The van der Waals surface area contributed by atoms with Crippen molar-refractivity contribution < 1.29 is 12.8 Å². The minimum Gasteiger partial charge on any atom is -0.465 e. The summed E-state index contributed by atoms with van der Waals surface area (Å²) in [5, 5.41) is 0. The van der Waals surface area contributed by atoms with Crippen molar-refractivity contribution >= 4 is 10.0 Å². The number of aromatic nitrogens is 1. The molecule has 0 spiro atoms. The van der Waals surface area contributed by atoms with E-state index in [1.54, 1.807) is 19.1 Å². The van der Waals surface area contributed by atoms with Gasteiger partial charge >= 0.3 is 0 Å². The van der Waals surface area contributed by atoms with Gasteiger partial charge in [0.15, 0.2) is 0 Å². The van der Waals surface area contributed by atoms with Gasteiger partial charge in [-0.05, 0) is 19.1 Å². The predicted octanol–water partition coefficient (Wildman–Crippen LogP) is 0.755. The minimum atomic E-state index is -3.83. The molecule has 0 saturated heterocycles. The van der Waals surface area contributed by atoms with Crippen molar-refractivity contribution in [1.82, 2.24) is 9.71 Å².